The molecule has 1 atom stereocenters. The molecule has 3 nitrogen and oxygen atoms in total. The molecule has 84 valence electrons. The summed E-state index contributed by atoms with van der Waals surface area (Å²) in [6, 6.07) is 8.41. The predicted octanol–water partition coefficient (Wildman–Crippen LogP) is 0.480. The largest absolute Gasteiger partial charge is 0.394 e. The molecule has 0 aliphatic carbocycles. The van der Waals surface area contributed by atoms with E-state index in [1.807, 2.05) is 0 Å². The first kappa shape index (κ1) is 12.2. The molecule has 0 amide bonds. The van der Waals surface area contributed by atoms with Crippen molar-refractivity contribution in [3.63, 3.8) is 0 Å². The first-order chi connectivity index (χ1) is 7.22. The molecule has 15 heavy (non-hydrogen) atoms. The lowest BCUT2D eigenvalue weighted by molar-refractivity contribution is 0.0947. The van der Waals surface area contributed by atoms with Crippen LogP contribution in [-0.4, -0.2) is 36.0 Å². The zero-order valence-corrected chi connectivity index (χ0v) is 9.11. The maximum Gasteiger partial charge on any atom is 0.0894 e. The second-order valence-electron chi connectivity index (χ2n) is 3.78. The van der Waals surface area contributed by atoms with E-state index in [4.69, 9.17) is 10.2 Å². The highest BCUT2D eigenvalue weighted by molar-refractivity contribution is 5.21. The molecule has 0 aromatic heterocycles. The van der Waals surface area contributed by atoms with Crippen molar-refractivity contribution in [2.45, 2.75) is 19.4 Å². The van der Waals surface area contributed by atoms with Crippen LogP contribution >= 0.6 is 0 Å². The molecule has 0 spiro atoms. The van der Waals surface area contributed by atoms with Gasteiger partial charge in [0.2, 0.25) is 0 Å². The van der Waals surface area contributed by atoms with Crippen LogP contribution in [-0.2, 0) is 6.42 Å². The Morgan fingerprint density at radius 3 is 2.53 bits per heavy atom. The molecule has 0 aliphatic heterocycles. The van der Waals surface area contributed by atoms with Crippen LogP contribution in [0.25, 0.3) is 0 Å². The number of aliphatic hydroxyl groups excluding tert-OH is 2. The molecule has 3 N–H and O–H groups in total. The van der Waals surface area contributed by atoms with E-state index in [9.17, 15) is 0 Å². The summed E-state index contributed by atoms with van der Waals surface area (Å²) in [5, 5.41) is 20.8. The Morgan fingerprint density at radius 2 is 1.93 bits per heavy atom. The molecule has 0 aliphatic rings. The molecule has 3 heteroatoms. The van der Waals surface area contributed by atoms with Crippen molar-refractivity contribution < 1.29 is 10.2 Å². The number of aryl methyl sites for hydroxylation is 1. The van der Waals surface area contributed by atoms with Crippen LogP contribution in [0.4, 0.5) is 0 Å². The Kier molecular flexibility index (Phi) is 5.32. The lowest BCUT2D eigenvalue weighted by Crippen LogP contribution is -2.30. The van der Waals surface area contributed by atoms with Crippen LogP contribution in [0, 0.1) is 6.92 Å². The Hall–Kier alpha value is -0.900. The summed E-state index contributed by atoms with van der Waals surface area (Å²) in [6.45, 7) is 3.15. The summed E-state index contributed by atoms with van der Waals surface area (Å²) in [4.78, 5) is 0. The van der Waals surface area contributed by atoms with E-state index < -0.39 is 6.10 Å². The maximum atomic E-state index is 9.08. The molecule has 0 saturated carbocycles. The summed E-state index contributed by atoms with van der Waals surface area (Å²) in [5.74, 6) is 0. The van der Waals surface area contributed by atoms with Crippen molar-refractivity contribution in [3.05, 3.63) is 35.4 Å². The summed E-state index contributed by atoms with van der Waals surface area (Å²) in [7, 11) is 0. The van der Waals surface area contributed by atoms with Gasteiger partial charge in [-0.3, -0.25) is 0 Å². The van der Waals surface area contributed by atoms with Crippen molar-refractivity contribution >= 4 is 0 Å². The van der Waals surface area contributed by atoms with Crippen LogP contribution in [0.5, 0.6) is 0 Å². The van der Waals surface area contributed by atoms with E-state index in [1.165, 1.54) is 11.1 Å². The van der Waals surface area contributed by atoms with E-state index in [0.29, 0.717) is 6.54 Å². The quantitative estimate of drug-likeness (QED) is 0.597. The van der Waals surface area contributed by atoms with Gasteiger partial charge in [0, 0.05) is 6.54 Å². The van der Waals surface area contributed by atoms with Crippen molar-refractivity contribution in [2.24, 2.45) is 0 Å². The van der Waals surface area contributed by atoms with Crippen LogP contribution in [0.1, 0.15) is 11.1 Å². The van der Waals surface area contributed by atoms with Gasteiger partial charge in [-0.05, 0) is 25.5 Å². The van der Waals surface area contributed by atoms with Gasteiger partial charge in [0.05, 0.1) is 12.7 Å². The monoisotopic (exact) mass is 209 g/mol. The van der Waals surface area contributed by atoms with Gasteiger partial charge in [-0.2, -0.15) is 0 Å². The highest BCUT2D eigenvalue weighted by atomic mass is 16.3. The minimum atomic E-state index is -0.650. The summed E-state index contributed by atoms with van der Waals surface area (Å²) < 4.78 is 0. The van der Waals surface area contributed by atoms with Gasteiger partial charge in [-0.1, -0.05) is 29.8 Å². The topological polar surface area (TPSA) is 52.5 Å². The van der Waals surface area contributed by atoms with Gasteiger partial charge >= 0.3 is 0 Å². The molecule has 0 heterocycles. The first-order valence-electron chi connectivity index (χ1n) is 5.27. The molecule has 1 rings (SSSR count). The van der Waals surface area contributed by atoms with Gasteiger partial charge in [-0.25, -0.2) is 0 Å². The lowest BCUT2D eigenvalue weighted by atomic mass is 10.1. The molecule has 1 aromatic carbocycles. The molecule has 1 unspecified atom stereocenters. The van der Waals surface area contributed by atoms with Crippen molar-refractivity contribution in [1.82, 2.24) is 5.32 Å². The van der Waals surface area contributed by atoms with Gasteiger partial charge in [0.15, 0.2) is 0 Å². The van der Waals surface area contributed by atoms with Crippen LogP contribution < -0.4 is 5.32 Å². The summed E-state index contributed by atoms with van der Waals surface area (Å²) in [6.07, 6.45) is 0.293. The highest BCUT2D eigenvalue weighted by Gasteiger charge is 1.99. The predicted molar refractivity (Wildman–Crippen MR) is 60.8 cm³/mol. The average Bonchev–Trinajstić information content (AvgIpc) is 2.26. The van der Waals surface area contributed by atoms with Gasteiger partial charge in [0.25, 0.3) is 0 Å². The number of nitrogens with one attached hydrogen (secondary N) is 1. The fourth-order valence-electron chi connectivity index (χ4n) is 1.32. The van der Waals surface area contributed by atoms with Crippen molar-refractivity contribution in [2.75, 3.05) is 19.7 Å². The van der Waals surface area contributed by atoms with Crippen LogP contribution in [0.15, 0.2) is 24.3 Å². The van der Waals surface area contributed by atoms with Crippen molar-refractivity contribution in [1.29, 1.82) is 0 Å². The molecule has 1 aromatic rings. The zero-order chi connectivity index (χ0) is 11.1. The first-order valence-corrected chi connectivity index (χ1v) is 5.27. The molecular formula is C12H19NO2. The van der Waals surface area contributed by atoms with Gasteiger partial charge in [0.1, 0.15) is 0 Å². The lowest BCUT2D eigenvalue weighted by Gasteiger charge is -2.08. The van der Waals surface area contributed by atoms with Gasteiger partial charge in [-0.15, -0.1) is 0 Å². The normalized spacial score (nSPS) is 12.7. The fraction of sp³-hybridized carbons (Fsp3) is 0.500. The zero-order valence-electron chi connectivity index (χ0n) is 9.11. The minimum absolute atomic E-state index is 0.183. The van der Waals surface area contributed by atoms with E-state index in [0.717, 1.165) is 13.0 Å². The molecule has 0 saturated heterocycles. The summed E-state index contributed by atoms with van der Waals surface area (Å²) >= 11 is 0. The Labute approximate surface area is 90.8 Å². The average molecular weight is 209 g/mol. The smallest absolute Gasteiger partial charge is 0.0894 e. The highest BCUT2D eigenvalue weighted by Crippen LogP contribution is 2.02. The second kappa shape index (κ2) is 6.56. The molecule has 0 fully saturated rings. The van der Waals surface area contributed by atoms with Crippen LogP contribution in [0.3, 0.4) is 0 Å². The summed E-state index contributed by atoms with van der Waals surface area (Å²) in [5.41, 5.74) is 2.55. The minimum Gasteiger partial charge on any atom is -0.394 e. The number of hydrogen-bond acceptors (Lipinski definition) is 3. The third kappa shape index (κ3) is 4.93. The Bertz CT molecular complexity index is 271. The van der Waals surface area contributed by atoms with Gasteiger partial charge < -0.3 is 15.5 Å². The second-order valence-corrected chi connectivity index (χ2v) is 3.78. The number of benzene rings is 1. The third-order valence-corrected chi connectivity index (χ3v) is 2.30. The number of aliphatic hydroxyl groups is 2. The van der Waals surface area contributed by atoms with E-state index >= 15 is 0 Å². The van der Waals surface area contributed by atoms with Crippen molar-refractivity contribution in [3.8, 4) is 0 Å². The van der Waals surface area contributed by atoms with Crippen LogP contribution in [0.2, 0.25) is 0 Å². The SMILES string of the molecule is Cc1ccc(CCNCC(O)CO)cc1. The van der Waals surface area contributed by atoms with E-state index in [-0.39, 0.29) is 6.61 Å². The Morgan fingerprint density at radius 1 is 1.27 bits per heavy atom. The molecular weight excluding hydrogens is 190 g/mol. The fourth-order valence-corrected chi connectivity index (χ4v) is 1.32. The number of rotatable bonds is 6. The van der Waals surface area contributed by atoms with E-state index in [2.05, 4.69) is 36.5 Å². The standard InChI is InChI=1S/C12H19NO2/c1-10-2-4-11(5-3-10)6-7-13-8-12(15)9-14/h2-5,12-15H,6-9H2,1H3. The molecule has 0 bridgehead atoms. The van der Waals surface area contributed by atoms with E-state index in [1.54, 1.807) is 0 Å². The third-order valence-electron chi connectivity index (χ3n) is 2.30. The number of hydrogen-bond donors (Lipinski definition) is 3. The maximum absolute atomic E-state index is 9.08. The Balaban J connectivity index is 2.17. The molecule has 0 radical (unpaired) electrons.